The molecule has 0 amide bonds. The van der Waals surface area contributed by atoms with Gasteiger partial charge in [-0.05, 0) is 30.9 Å². The molecule has 2 aromatic rings. The number of hydrogen-bond acceptors (Lipinski definition) is 8. The van der Waals surface area contributed by atoms with E-state index in [2.05, 4.69) is 15.1 Å². The van der Waals surface area contributed by atoms with Gasteiger partial charge < -0.3 is 14.8 Å². The molecule has 0 bridgehead atoms. The van der Waals surface area contributed by atoms with Crippen LogP contribution in [0.2, 0.25) is 0 Å². The maximum absolute atomic E-state index is 12.3. The van der Waals surface area contributed by atoms with Crippen LogP contribution in [0.25, 0.3) is 10.9 Å². The Kier molecular flexibility index (Phi) is 7.55. The molecular weight excluding hydrogens is 406 g/mol. The fourth-order valence-electron chi connectivity index (χ4n) is 4.61. The molecular formula is C24H35N5O3. The summed E-state index contributed by atoms with van der Waals surface area (Å²) in [7, 11) is 1.42. The van der Waals surface area contributed by atoms with Crippen LogP contribution in [0.1, 0.15) is 32.5 Å². The Balaban J connectivity index is 1.48. The number of aromatic nitrogens is 2. The Bertz CT molecular complexity index is 908. The lowest BCUT2D eigenvalue weighted by atomic mass is 10.0. The lowest BCUT2D eigenvalue weighted by Gasteiger charge is -2.40. The van der Waals surface area contributed by atoms with Crippen LogP contribution in [-0.2, 0) is 20.8 Å². The maximum atomic E-state index is 12.3. The molecule has 0 spiro atoms. The van der Waals surface area contributed by atoms with Crippen LogP contribution in [0.5, 0.6) is 0 Å². The van der Waals surface area contributed by atoms with Gasteiger partial charge in [0.1, 0.15) is 17.7 Å². The SMILES string of the molecule is COC(=O)[C@@H](Nc1nc(CN2CCN(C3CCOCC3)CC2)nc2ccccc12)C(C)C. The van der Waals surface area contributed by atoms with E-state index < -0.39 is 6.04 Å². The predicted molar refractivity (Wildman–Crippen MR) is 124 cm³/mol. The fraction of sp³-hybridized carbons (Fsp3) is 0.625. The number of benzene rings is 1. The molecule has 8 nitrogen and oxygen atoms in total. The summed E-state index contributed by atoms with van der Waals surface area (Å²) in [6.07, 6.45) is 2.28. The van der Waals surface area contributed by atoms with Crippen molar-refractivity contribution in [2.45, 2.75) is 45.3 Å². The number of nitrogens with zero attached hydrogens (tertiary/aromatic N) is 4. The monoisotopic (exact) mass is 441 g/mol. The van der Waals surface area contributed by atoms with Gasteiger partial charge in [-0.2, -0.15) is 0 Å². The number of anilines is 1. The van der Waals surface area contributed by atoms with E-state index in [1.54, 1.807) is 0 Å². The van der Waals surface area contributed by atoms with Crippen molar-refractivity contribution in [2.24, 2.45) is 5.92 Å². The summed E-state index contributed by atoms with van der Waals surface area (Å²) in [6, 6.07) is 8.13. The van der Waals surface area contributed by atoms with Crippen LogP contribution < -0.4 is 5.32 Å². The van der Waals surface area contributed by atoms with E-state index in [0.29, 0.717) is 18.4 Å². The van der Waals surface area contributed by atoms with Crippen molar-refractivity contribution in [2.75, 3.05) is 51.8 Å². The third-order valence-electron chi connectivity index (χ3n) is 6.54. The van der Waals surface area contributed by atoms with Crippen molar-refractivity contribution in [3.05, 3.63) is 30.1 Å². The zero-order chi connectivity index (χ0) is 22.5. The number of ether oxygens (including phenoxy) is 2. The molecule has 0 unspecified atom stereocenters. The Hall–Kier alpha value is -2.29. The molecule has 0 saturated carbocycles. The van der Waals surface area contributed by atoms with Crippen LogP contribution >= 0.6 is 0 Å². The number of nitrogens with one attached hydrogen (secondary N) is 1. The standard InChI is InChI=1S/C24H35N5O3/c1-17(2)22(24(30)31-3)27-23-19-6-4-5-7-20(19)25-21(26-23)16-28-10-12-29(13-11-28)18-8-14-32-15-9-18/h4-7,17-18,22H,8-16H2,1-3H3,(H,25,26,27)/t22-/m0/s1. The molecule has 8 heteroatoms. The molecule has 1 aromatic carbocycles. The minimum Gasteiger partial charge on any atom is -0.467 e. The Morgan fingerprint density at radius 1 is 1.16 bits per heavy atom. The van der Waals surface area contributed by atoms with Crippen molar-refractivity contribution < 1.29 is 14.3 Å². The molecule has 2 saturated heterocycles. The van der Waals surface area contributed by atoms with E-state index in [1.165, 1.54) is 7.11 Å². The number of methoxy groups -OCH3 is 1. The second-order valence-electron chi connectivity index (χ2n) is 9.05. The summed E-state index contributed by atoms with van der Waals surface area (Å²) in [4.78, 5) is 27.0. The molecule has 32 heavy (non-hydrogen) atoms. The smallest absolute Gasteiger partial charge is 0.328 e. The molecule has 1 N–H and O–H groups in total. The number of piperazine rings is 1. The Morgan fingerprint density at radius 2 is 1.88 bits per heavy atom. The summed E-state index contributed by atoms with van der Waals surface area (Å²) in [5, 5.41) is 4.25. The van der Waals surface area contributed by atoms with E-state index in [-0.39, 0.29) is 11.9 Å². The topological polar surface area (TPSA) is 79.8 Å². The molecule has 0 aliphatic carbocycles. The minimum absolute atomic E-state index is 0.0675. The summed E-state index contributed by atoms with van der Waals surface area (Å²) < 4.78 is 10.5. The van der Waals surface area contributed by atoms with Gasteiger partial charge in [-0.1, -0.05) is 26.0 Å². The molecule has 2 aliphatic heterocycles. The lowest BCUT2D eigenvalue weighted by Crippen LogP contribution is -2.51. The third kappa shape index (κ3) is 5.36. The summed E-state index contributed by atoms with van der Waals surface area (Å²) in [5.41, 5.74) is 0.883. The van der Waals surface area contributed by atoms with Gasteiger partial charge in [-0.3, -0.25) is 9.80 Å². The second-order valence-corrected chi connectivity index (χ2v) is 9.05. The van der Waals surface area contributed by atoms with E-state index in [1.807, 2.05) is 38.1 Å². The van der Waals surface area contributed by atoms with Gasteiger partial charge in [-0.25, -0.2) is 14.8 Å². The number of carbonyl (C=O) groups excluding carboxylic acids is 1. The molecule has 2 aliphatic rings. The lowest BCUT2D eigenvalue weighted by molar-refractivity contribution is -0.142. The van der Waals surface area contributed by atoms with Crippen LogP contribution in [0.4, 0.5) is 5.82 Å². The summed E-state index contributed by atoms with van der Waals surface area (Å²) in [6.45, 7) is 10.6. The third-order valence-corrected chi connectivity index (χ3v) is 6.54. The molecule has 4 rings (SSSR count). The second kappa shape index (κ2) is 10.6. The van der Waals surface area contributed by atoms with Crippen molar-refractivity contribution in [3.63, 3.8) is 0 Å². The first-order valence-corrected chi connectivity index (χ1v) is 11.7. The van der Waals surface area contributed by atoms with Crippen LogP contribution in [0, 0.1) is 5.92 Å². The van der Waals surface area contributed by atoms with Crippen molar-refractivity contribution >= 4 is 22.7 Å². The molecule has 174 valence electrons. The molecule has 1 atom stereocenters. The van der Waals surface area contributed by atoms with E-state index in [0.717, 1.165) is 69.0 Å². The molecule has 2 fully saturated rings. The van der Waals surface area contributed by atoms with E-state index >= 15 is 0 Å². The van der Waals surface area contributed by atoms with Gasteiger partial charge >= 0.3 is 5.97 Å². The highest BCUT2D eigenvalue weighted by atomic mass is 16.5. The Morgan fingerprint density at radius 3 is 2.56 bits per heavy atom. The van der Waals surface area contributed by atoms with Crippen LogP contribution in [0.15, 0.2) is 24.3 Å². The quantitative estimate of drug-likeness (QED) is 0.657. The molecule has 0 radical (unpaired) electrons. The highest BCUT2D eigenvalue weighted by Gasteiger charge is 2.27. The minimum atomic E-state index is -0.464. The maximum Gasteiger partial charge on any atom is 0.328 e. The highest BCUT2D eigenvalue weighted by molar-refractivity contribution is 5.91. The molecule has 3 heterocycles. The average Bonchev–Trinajstić information content (AvgIpc) is 2.82. The van der Waals surface area contributed by atoms with Gasteiger partial charge in [0.25, 0.3) is 0 Å². The zero-order valence-electron chi connectivity index (χ0n) is 19.4. The number of para-hydroxylation sites is 1. The first kappa shape index (κ1) is 22.9. The number of rotatable bonds is 7. The number of hydrogen-bond donors (Lipinski definition) is 1. The van der Waals surface area contributed by atoms with Gasteiger partial charge in [-0.15, -0.1) is 0 Å². The largest absolute Gasteiger partial charge is 0.467 e. The van der Waals surface area contributed by atoms with E-state index in [4.69, 9.17) is 19.4 Å². The van der Waals surface area contributed by atoms with Crippen molar-refractivity contribution in [3.8, 4) is 0 Å². The van der Waals surface area contributed by atoms with Gasteiger partial charge in [0.2, 0.25) is 0 Å². The summed E-state index contributed by atoms with van der Waals surface area (Å²) in [5.74, 6) is 1.25. The van der Waals surface area contributed by atoms with Crippen LogP contribution in [-0.4, -0.2) is 84.3 Å². The first-order chi connectivity index (χ1) is 15.5. The number of carbonyl (C=O) groups is 1. The Labute approximate surface area is 190 Å². The van der Waals surface area contributed by atoms with Gasteiger partial charge in [0.05, 0.1) is 19.2 Å². The summed E-state index contributed by atoms with van der Waals surface area (Å²) >= 11 is 0. The number of fused-ring (bicyclic) bond motifs is 1. The fourth-order valence-corrected chi connectivity index (χ4v) is 4.61. The van der Waals surface area contributed by atoms with Crippen molar-refractivity contribution in [1.82, 2.24) is 19.8 Å². The van der Waals surface area contributed by atoms with Crippen molar-refractivity contribution in [1.29, 1.82) is 0 Å². The van der Waals surface area contributed by atoms with Gasteiger partial charge in [0.15, 0.2) is 0 Å². The van der Waals surface area contributed by atoms with E-state index in [9.17, 15) is 4.79 Å². The molecule has 1 aromatic heterocycles. The average molecular weight is 442 g/mol. The van der Waals surface area contributed by atoms with Crippen LogP contribution in [0.3, 0.4) is 0 Å². The number of esters is 1. The first-order valence-electron chi connectivity index (χ1n) is 11.7. The zero-order valence-corrected chi connectivity index (χ0v) is 19.4. The highest BCUT2D eigenvalue weighted by Crippen LogP contribution is 2.24. The predicted octanol–water partition coefficient (Wildman–Crippen LogP) is 2.54. The normalized spacial score (nSPS) is 19.9. The van der Waals surface area contributed by atoms with Gasteiger partial charge in [0, 0.05) is 50.8 Å².